The third-order valence-electron chi connectivity index (χ3n) is 6.04. The van der Waals surface area contributed by atoms with Crippen LogP contribution in [0.5, 0.6) is 0 Å². The van der Waals surface area contributed by atoms with E-state index in [0.29, 0.717) is 5.82 Å². The molecule has 1 aliphatic rings. The summed E-state index contributed by atoms with van der Waals surface area (Å²) in [7, 11) is 0. The van der Waals surface area contributed by atoms with E-state index in [4.69, 9.17) is 16.3 Å². The molecule has 0 aliphatic carbocycles. The summed E-state index contributed by atoms with van der Waals surface area (Å²) in [5.41, 5.74) is -0.0156. The number of aliphatic hydroxyl groups excluding tert-OH is 2. The standard InChI is InChI=1S/C23H19ClF4N6O3/c1-10-29-23(34(31-10)17-6-12(24)2-3-13(17)25)19-7-18(22(36)20(9-35)37-19)33-8-16(30-32-33)11-4-14(26)21(28)15(27)5-11/h2-6,8,18-20,22,35-36H,7,9H2,1H3/t18-,19-,20-,22-/m1/s1. The minimum atomic E-state index is -1.61. The Hall–Kier alpha value is -3.39. The fourth-order valence-electron chi connectivity index (χ4n) is 4.28. The van der Waals surface area contributed by atoms with Crippen molar-refractivity contribution in [2.24, 2.45) is 0 Å². The van der Waals surface area contributed by atoms with Gasteiger partial charge in [0.2, 0.25) is 0 Å². The van der Waals surface area contributed by atoms with Crippen LogP contribution < -0.4 is 0 Å². The summed E-state index contributed by atoms with van der Waals surface area (Å²) in [6.07, 6.45) is -1.89. The third-order valence-corrected chi connectivity index (χ3v) is 6.28. The van der Waals surface area contributed by atoms with Gasteiger partial charge in [0, 0.05) is 17.0 Å². The zero-order chi connectivity index (χ0) is 26.4. The fourth-order valence-corrected chi connectivity index (χ4v) is 4.44. The Morgan fingerprint density at radius 3 is 2.54 bits per heavy atom. The second-order valence-corrected chi connectivity index (χ2v) is 8.94. The summed E-state index contributed by atoms with van der Waals surface area (Å²) in [6.45, 7) is 1.04. The van der Waals surface area contributed by atoms with E-state index < -0.39 is 54.2 Å². The summed E-state index contributed by atoms with van der Waals surface area (Å²) in [5.74, 6) is -4.50. The molecule has 0 radical (unpaired) electrons. The molecule has 0 saturated carbocycles. The summed E-state index contributed by atoms with van der Waals surface area (Å²) in [5, 5.41) is 33.1. The summed E-state index contributed by atoms with van der Waals surface area (Å²) in [6, 6.07) is 4.64. The molecular formula is C23H19ClF4N6O3. The first kappa shape index (κ1) is 25.3. The lowest BCUT2D eigenvalue weighted by molar-refractivity contribution is -0.161. The monoisotopic (exact) mass is 538 g/mol. The van der Waals surface area contributed by atoms with Gasteiger partial charge in [0.15, 0.2) is 23.3 Å². The second-order valence-electron chi connectivity index (χ2n) is 8.50. The van der Waals surface area contributed by atoms with Crippen LogP contribution in [0.15, 0.2) is 36.5 Å². The van der Waals surface area contributed by atoms with Crippen molar-refractivity contribution in [1.29, 1.82) is 0 Å². The van der Waals surface area contributed by atoms with Gasteiger partial charge in [-0.15, -0.1) is 5.10 Å². The van der Waals surface area contributed by atoms with Crippen molar-refractivity contribution in [2.45, 2.75) is 37.7 Å². The number of aromatic nitrogens is 6. The molecule has 1 aliphatic heterocycles. The van der Waals surface area contributed by atoms with Crippen LogP contribution in [-0.4, -0.2) is 58.8 Å². The van der Waals surface area contributed by atoms with Gasteiger partial charge in [-0.2, -0.15) is 5.10 Å². The predicted octanol–water partition coefficient (Wildman–Crippen LogP) is 3.47. The molecular weight excluding hydrogens is 520 g/mol. The van der Waals surface area contributed by atoms with Crippen LogP contribution in [0, 0.1) is 30.2 Å². The van der Waals surface area contributed by atoms with Gasteiger partial charge in [-0.25, -0.2) is 31.9 Å². The minimum Gasteiger partial charge on any atom is -0.394 e. The highest BCUT2D eigenvalue weighted by molar-refractivity contribution is 6.30. The predicted molar refractivity (Wildman–Crippen MR) is 121 cm³/mol. The van der Waals surface area contributed by atoms with Crippen LogP contribution >= 0.6 is 11.6 Å². The molecule has 9 nitrogen and oxygen atoms in total. The van der Waals surface area contributed by atoms with Crippen LogP contribution in [0.2, 0.25) is 5.02 Å². The molecule has 0 unspecified atom stereocenters. The lowest BCUT2D eigenvalue weighted by Gasteiger charge is -2.38. The number of aryl methyl sites for hydroxylation is 1. The zero-order valence-electron chi connectivity index (χ0n) is 19.1. The van der Waals surface area contributed by atoms with E-state index in [9.17, 15) is 27.8 Å². The average Bonchev–Trinajstić information content (AvgIpc) is 3.51. The number of rotatable bonds is 5. The molecule has 4 atom stereocenters. The van der Waals surface area contributed by atoms with Crippen LogP contribution in [0.4, 0.5) is 17.6 Å². The van der Waals surface area contributed by atoms with E-state index in [1.165, 1.54) is 33.8 Å². The molecule has 14 heteroatoms. The van der Waals surface area contributed by atoms with Crippen molar-refractivity contribution in [3.63, 3.8) is 0 Å². The van der Waals surface area contributed by atoms with Gasteiger partial charge >= 0.3 is 0 Å². The van der Waals surface area contributed by atoms with Crippen molar-refractivity contribution < 1.29 is 32.5 Å². The molecule has 194 valence electrons. The molecule has 37 heavy (non-hydrogen) atoms. The first-order valence-corrected chi connectivity index (χ1v) is 11.4. The van der Waals surface area contributed by atoms with E-state index in [-0.39, 0.29) is 34.2 Å². The van der Waals surface area contributed by atoms with Crippen LogP contribution in [0.3, 0.4) is 0 Å². The lowest BCUT2D eigenvalue weighted by Crippen LogP contribution is -2.45. The highest BCUT2D eigenvalue weighted by atomic mass is 35.5. The van der Waals surface area contributed by atoms with Gasteiger partial charge in [-0.05, 0) is 37.3 Å². The maximum absolute atomic E-state index is 14.6. The highest BCUT2D eigenvalue weighted by Crippen LogP contribution is 2.38. The van der Waals surface area contributed by atoms with Crippen molar-refractivity contribution in [1.82, 2.24) is 29.8 Å². The Morgan fingerprint density at radius 2 is 1.84 bits per heavy atom. The van der Waals surface area contributed by atoms with Crippen molar-refractivity contribution in [3.8, 4) is 16.9 Å². The molecule has 5 rings (SSSR count). The van der Waals surface area contributed by atoms with E-state index in [2.05, 4.69) is 20.4 Å². The van der Waals surface area contributed by atoms with Gasteiger partial charge in [0.05, 0.1) is 18.8 Å². The molecule has 3 heterocycles. The van der Waals surface area contributed by atoms with E-state index in [1.54, 1.807) is 6.92 Å². The fraction of sp³-hybridized carbons (Fsp3) is 0.304. The van der Waals surface area contributed by atoms with Crippen LogP contribution in [-0.2, 0) is 4.74 Å². The maximum atomic E-state index is 14.6. The summed E-state index contributed by atoms with van der Waals surface area (Å²) >= 11 is 6.05. The van der Waals surface area contributed by atoms with Gasteiger partial charge in [-0.1, -0.05) is 16.8 Å². The number of hydrogen-bond donors (Lipinski definition) is 2. The Balaban J connectivity index is 1.51. The summed E-state index contributed by atoms with van der Waals surface area (Å²) < 4.78 is 63.8. The van der Waals surface area contributed by atoms with Gasteiger partial charge in [0.25, 0.3) is 0 Å². The largest absolute Gasteiger partial charge is 0.394 e. The first-order chi connectivity index (χ1) is 17.7. The second kappa shape index (κ2) is 9.82. The van der Waals surface area contributed by atoms with Crippen LogP contribution in [0.25, 0.3) is 16.9 Å². The average molecular weight is 539 g/mol. The number of ether oxygens (including phenoxy) is 1. The Bertz CT molecular complexity index is 1440. The maximum Gasteiger partial charge on any atom is 0.194 e. The number of benzene rings is 2. The molecule has 2 aromatic heterocycles. The SMILES string of the molecule is Cc1nc([C@H]2C[C@@H](n3cc(-c4cc(F)c(F)c(F)c4)nn3)[C@@H](O)[C@@H](CO)O2)n(-c2cc(Cl)ccc2F)n1. The smallest absolute Gasteiger partial charge is 0.194 e. The van der Waals surface area contributed by atoms with Crippen molar-refractivity contribution >= 4 is 11.6 Å². The first-order valence-electron chi connectivity index (χ1n) is 11.1. The Morgan fingerprint density at radius 1 is 1.11 bits per heavy atom. The van der Waals surface area contributed by atoms with Crippen molar-refractivity contribution in [3.05, 3.63) is 76.5 Å². The summed E-state index contributed by atoms with van der Waals surface area (Å²) in [4.78, 5) is 4.37. The van der Waals surface area contributed by atoms with Gasteiger partial charge in [-0.3, -0.25) is 0 Å². The van der Waals surface area contributed by atoms with Crippen molar-refractivity contribution in [2.75, 3.05) is 6.61 Å². The zero-order valence-corrected chi connectivity index (χ0v) is 19.8. The number of aliphatic hydroxyl groups is 2. The van der Waals surface area contributed by atoms with E-state index in [0.717, 1.165) is 12.1 Å². The minimum absolute atomic E-state index is 0.0219. The Labute approximate surface area is 211 Å². The molecule has 4 aromatic rings. The van der Waals surface area contributed by atoms with Crippen LogP contribution in [0.1, 0.15) is 30.2 Å². The van der Waals surface area contributed by atoms with Gasteiger partial charge < -0.3 is 14.9 Å². The lowest BCUT2D eigenvalue weighted by atomic mass is 9.95. The molecule has 1 fully saturated rings. The molecule has 0 amide bonds. The number of halogens is 5. The van der Waals surface area contributed by atoms with E-state index >= 15 is 0 Å². The van der Waals surface area contributed by atoms with Gasteiger partial charge in [0.1, 0.15) is 41.3 Å². The normalized spacial score (nSPS) is 21.9. The Kier molecular flexibility index (Phi) is 6.70. The molecule has 0 spiro atoms. The molecule has 2 N–H and O–H groups in total. The highest BCUT2D eigenvalue weighted by Gasteiger charge is 2.42. The molecule has 0 bridgehead atoms. The topological polar surface area (TPSA) is 111 Å². The number of nitrogens with zero attached hydrogens (tertiary/aromatic N) is 6. The number of hydrogen-bond acceptors (Lipinski definition) is 7. The third kappa shape index (κ3) is 4.70. The quantitative estimate of drug-likeness (QED) is 0.296. The molecule has 2 aromatic carbocycles. The van der Waals surface area contributed by atoms with E-state index in [1.807, 2.05) is 0 Å². The molecule has 1 saturated heterocycles.